The van der Waals surface area contributed by atoms with E-state index in [1.807, 2.05) is 37.3 Å². The summed E-state index contributed by atoms with van der Waals surface area (Å²) in [5.41, 5.74) is 0.885. The van der Waals surface area contributed by atoms with Crippen molar-refractivity contribution in [2.24, 2.45) is 0 Å². The van der Waals surface area contributed by atoms with Crippen LogP contribution < -0.4 is 5.32 Å². The molecule has 2 aromatic rings. The number of halogens is 1. The molecule has 3 nitrogen and oxygen atoms in total. The molecule has 0 aliphatic heterocycles. The zero-order valence-electron chi connectivity index (χ0n) is 12.9. The first-order valence-electron chi connectivity index (χ1n) is 7.48. The molecule has 1 amide bonds. The number of carbonyl (C=O) groups excluding carboxylic acids is 1. The molecule has 0 bridgehead atoms. The number of aliphatic hydroxyl groups is 1. The molecule has 2 unspecified atom stereocenters. The van der Waals surface area contributed by atoms with Crippen LogP contribution in [0.2, 0.25) is 0 Å². The van der Waals surface area contributed by atoms with Gasteiger partial charge in [-0.2, -0.15) is 0 Å². The third kappa shape index (κ3) is 5.37. The standard InChI is InChI=1S/C18H20FNO2S/c1-13(11-12-21)20-18(22)17(14-5-3-2-4-6-14)23-16-9-7-15(19)8-10-16/h2-10,13,17,21H,11-12H2,1H3,(H,20,22). The van der Waals surface area contributed by atoms with E-state index in [0.29, 0.717) is 6.42 Å². The SMILES string of the molecule is CC(CCO)NC(=O)C(Sc1ccc(F)cc1)c1ccccc1. The Labute approximate surface area is 139 Å². The fourth-order valence-corrected chi connectivity index (χ4v) is 3.17. The smallest absolute Gasteiger partial charge is 0.238 e. The average molecular weight is 333 g/mol. The summed E-state index contributed by atoms with van der Waals surface area (Å²) < 4.78 is 13.1. The zero-order chi connectivity index (χ0) is 16.7. The molecule has 0 spiro atoms. The Morgan fingerprint density at radius 2 is 1.83 bits per heavy atom. The van der Waals surface area contributed by atoms with Gasteiger partial charge in [0.15, 0.2) is 0 Å². The van der Waals surface area contributed by atoms with Crippen LogP contribution in [0.4, 0.5) is 4.39 Å². The number of carbonyl (C=O) groups is 1. The highest BCUT2D eigenvalue weighted by Gasteiger charge is 2.23. The zero-order valence-corrected chi connectivity index (χ0v) is 13.7. The molecular weight excluding hydrogens is 313 g/mol. The highest BCUT2D eigenvalue weighted by Crippen LogP contribution is 2.35. The molecule has 2 atom stereocenters. The number of rotatable bonds is 7. The molecule has 2 rings (SSSR count). The number of thioether (sulfide) groups is 1. The number of benzene rings is 2. The minimum absolute atomic E-state index is 0.0303. The monoisotopic (exact) mass is 333 g/mol. The molecule has 23 heavy (non-hydrogen) atoms. The van der Waals surface area contributed by atoms with E-state index in [9.17, 15) is 9.18 Å². The summed E-state index contributed by atoms with van der Waals surface area (Å²) in [6.45, 7) is 1.89. The fourth-order valence-electron chi connectivity index (χ4n) is 2.13. The lowest BCUT2D eigenvalue weighted by Gasteiger charge is -2.20. The molecule has 0 aromatic heterocycles. The predicted octanol–water partition coefficient (Wildman–Crippen LogP) is 3.55. The first-order chi connectivity index (χ1) is 11.1. The van der Waals surface area contributed by atoms with E-state index >= 15 is 0 Å². The summed E-state index contributed by atoms with van der Waals surface area (Å²) in [6.07, 6.45) is 0.508. The van der Waals surface area contributed by atoms with Crippen molar-refractivity contribution in [3.8, 4) is 0 Å². The van der Waals surface area contributed by atoms with Gasteiger partial charge in [-0.05, 0) is 43.2 Å². The number of amides is 1. The number of hydrogen-bond acceptors (Lipinski definition) is 3. The van der Waals surface area contributed by atoms with Crippen LogP contribution in [0.15, 0.2) is 59.5 Å². The Kier molecular flexibility index (Phi) is 6.62. The molecule has 0 heterocycles. The van der Waals surface area contributed by atoms with Gasteiger partial charge in [0.1, 0.15) is 11.1 Å². The van der Waals surface area contributed by atoms with Crippen LogP contribution in [-0.2, 0) is 4.79 Å². The van der Waals surface area contributed by atoms with Crippen molar-refractivity contribution in [2.75, 3.05) is 6.61 Å². The number of hydrogen-bond donors (Lipinski definition) is 2. The Balaban J connectivity index is 2.18. The molecule has 2 aromatic carbocycles. The Morgan fingerprint density at radius 3 is 2.43 bits per heavy atom. The van der Waals surface area contributed by atoms with E-state index in [1.54, 1.807) is 12.1 Å². The average Bonchev–Trinajstić information content (AvgIpc) is 2.55. The highest BCUT2D eigenvalue weighted by molar-refractivity contribution is 8.00. The summed E-state index contributed by atoms with van der Waals surface area (Å²) in [7, 11) is 0. The topological polar surface area (TPSA) is 49.3 Å². The van der Waals surface area contributed by atoms with Gasteiger partial charge in [-0.1, -0.05) is 30.3 Å². The van der Waals surface area contributed by atoms with Crippen LogP contribution in [0.3, 0.4) is 0 Å². The Hall–Kier alpha value is -1.85. The van der Waals surface area contributed by atoms with Crippen LogP contribution in [0, 0.1) is 5.82 Å². The molecule has 0 saturated heterocycles. The lowest BCUT2D eigenvalue weighted by molar-refractivity contribution is -0.121. The second kappa shape index (κ2) is 8.70. The second-order valence-corrected chi connectivity index (χ2v) is 6.46. The molecule has 5 heteroatoms. The maximum atomic E-state index is 13.1. The van der Waals surface area contributed by atoms with Crippen molar-refractivity contribution in [3.63, 3.8) is 0 Å². The normalized spacial score (nSPS) is 13.3. The van der Waals surface area contributed by atoms with Gasteiger partial charge in [-0.15, -0.1) is 11.8 Å². The lowest BCUT2D eigenvalue weighted by atomic mass is 10.1. The van der Waals surface area contributed by atoms with E-state index in [-0.39, 0.29) is 24.4 Å². The predicted molar refractivity (Wildman–Crippen MR) is 90.7 cm³/mol. The van der Waals surface area contributed by atoms with Gasteiger partial charge < -0.3 is 10.4 Å². The molecule has 2 N–H and O–H groups in total. The van der Waals surface area contributed by atoms with Crippen molar-refractivity contribution in [3.05, 3.63) is 66.0 Å². The molecule has 0 fully saturated rings. The summed E-state index contributed by atoms with van der Waals surface area (Å²) >= 11 is 1.38. The summed E-state index contributed by atoms with van der Waals surface area (Å²) in [4.78, 5) is 13.4. The van der Waals surface area contributed by atoms with Gasteiger partial charge in [0.05, 0.1) is 0 Å². The van der Waals surface area contributed by atoms with Crippen molar-refractivity contribution < 1.29 is 14.3 Å². The molecule has 0 radical (unpaired) electrons. The van der Waals surface area contributed by atoms with E-state index in [4.69, 9.17) is 5.11 Å². The molecule has 0 saturated carbocycles. The van der Waals surface area contributed by atoms with Crippen LogP contribution in [0.5, 0.6) is 0 Å². The second-order valence-electron chi connectivity index (χ2n) is 5.28. The highest BCUT2D eigenvalue weighted by atomic mass is 32.2. The van der Waals surface area contributed by atoms with E-state index < -0.39 is 5.25 Å². The minimum atomic E-state index is -0.428. The van der Waals surface area contributed by atoms with Crippen LogP contribution in [0.25, 0.3) is 0 Å². The Morgan fingerprint density at radius 1 is 1.17 bits per heavy atom. The molecule has 0 aliphatic carbocycles. The molecule has 122 valence electrons. The van der Waals surface area contributed by atoms with E-state index in [1.165, 1.54) is 23.9 Å². The maximum Gasteiger partial charge on any atom is 0.238 e. The summed E-state index contributed by atoms with van der Waals surface area (Å²) in [6, 6.07) is 15.5. The first kappa shape index (κ1) is 17.5. The van der Waals surface area contributed by atoms with Gasteiger partial charge in [-0.3, -0.25) is 4.79 Å². The lowest BCUT2D eigenvalue weighted by Crippen LogP contribution is -2.36. The van der Waals surface area contributed by atoms with Crippen molar-refractivity contribution >= 4 is 17.7 Å². The van der Waals surface area contributed by atoms with Crippen molar-refractivity contribution in [1.82, 2.24) is 5.32 Å². The third-order valence-corrected chi connectivity index (χ3v) is 4.63. The van der Waals surface area contributed by atoms with E-state index in [2.05, 4.69) is 5.32 Å². The fraction of sp³-hybridized carbons (Fsp3) is 0.278. The van der Waals surface area contributed by atoms with Gasteiger partial charge in [-0.25, -0.2) is 4.39 Å². The number of aliphatic hydroxyl groups excluding tert-OH is 1. The quantitative estimate of drug-likeness (QED) is 0.762. The third-order valence-electron chi connectivity index (χ3n) is 3.36. The first-order valence-corrected chi connectivity index (χ1v) is 8.36. The van der Waals surface area contributed by atoms with Crippen LogP contribution in [0.1, 0.15) is 24.2 Å². The van der Waals surface area contributed by atoms with Crippen molar-refractivity contribution in [1.29, 1.82) is 0 Å². The summed E-state index contributed by atoms with van der Waals surface area (Å²) in [5, 5.41) is 11.5. The molecular formula is C18H20FNO2S. The van der Waals surface area contributed by atoms with Gasteiger partial charge in [0.25, 0.3) is 0 Å². The van der Waals surface area contributed by atoms with E-state index in [0.717, 1.165) is 10.5 Å². The Bertz CT molecular complexity index is 619. The van der Waals surface area contributed by atoms with Gasteiger partial charge >= 0.3 is 0 Å². The number of nitrogens with one attached hydrogen (secondary N) is 1. The van der Waals surface area contributed by atoms with Crippen LogP contribution >= 0.6 is 11.8 Å². The molecule has 0 aliphatic rings. The van der Waals surface area contributed by atoms with Gasteiger partial charge in [0, 0.05) is 17.5 Å². The summed E-state index contributed by atoms with van der Waals surface area (Å²) in [5.74, 6) is -0.418. The maximum absolute atomic E-state index is 13.1. The minimum Gasteiger partial charge on any atom is -0.396 e. The van der Waals surface area contributed by atoms with Crippen molar-refractivity contribution in [2.45, 2.75) is 29.5 Å². The van der Waals surface area contributed by atoms with Gasteiger partial charge in [0.2, 0.25) is 5.91 Å². The largest absolute Gasteiger partial charge is 0.396 e. The van der Waals surface area contributed by atoms with Crippen LogP contribution in [-0.4, -0.2) is 23.7 Å².